The van der Waals surface area contributed by atoms with Crippen LogP contribution in [-0.2, 0) is 4.79 Å². The van der Waals surface area contributed by atoms with Gasteiger partial charge in [-0.2, -0.15) is 0 Å². The Hall–Kier alpha value is -0.570. The normalized spacial score (nSPS) is 11.2. The number of hydrogen-bond acceptors (Lipinski definition) is 2. The molecule has 0 spiro atoms. The second-order valence-corrected chi connectivity index (χ2v) is 16.4. The Morgan fingerprint density at radius 3 is 0.588 bits per heavy atom. The molecular formula is C48H98O3. The summed E-state index contributed by atoms with van der Waals surface area (Å²) in [6.07, 6.45) is 60.2. The van der Waals surface area contributed by atoms with E-state index in [0.717, 1.165) is 19.3 Å². The number of carbonyl (C=O) groups is 1. The van der Waals surface area contributed by atoms with Crippen LogP contribution < -0.4 is 0 Å². The summed E-state index contributed by atoms with van der Waals surface area (Å²) in [7, 11) is 0. The molecule has 0 saturated carbocycles. The molecule has 0 amide bonds. The van der Waals surface area contributed by atoms with Crippen molar-refractivity contribution in [2.45, 2.75) is 296 Å². The molecule has 0 aliphatic rings. The van der Waals surface area contributed by atoms with Crippen molar-refractivity contribution in [3.05, 3.63) is 0 Å². The molecule has 3 nitrogen and oxygen atoms in total. The highest BCUT2D eigenvalue weighted by molar-refractivity contribution is 5.66. The van der Waals surface area contributed by atoms with Gasteiger partial charge in [0, 0.05) is 13.0 Å². The second kappa shape index (κ2) is 51.5. The predicted octanol–water partition coefficient (Wildman–Crippen LogP) is 17.3. The standard InChI is InChI=1S/C24H48O2.C24H50O/c1-2-3-4-5-6-7-8-9-10-11-12-13-14-15-16-17-18-19-20-21-22-23-24(25)26;1-2-3-4-5-6-7-8-9-10-11-12-13-14-15-16-17-18-19-20-21-22-23-24-25/h2-23H2,1H3,(H,25,26);25H,2-24H2,1H3. The van der Waals surface area contributed by atoms with E-state index in [1.54, 1.807) is 0 Å². The summed E-state index contributed by atoms with van der Waals surface area (Å²) in [5, 5.41) is 17.3. The number of unbranched alkanes of at least 4 members (excludes halogenated alkanes) is 41. The van der Waals surface area contributed by atoms with Gasteiger partial charge in [0.15, 0.2) is 0 Å². The summed E-state index contributed by atoms with van der Waals surface area (Å²) >= 11 is 0. The van der Waals surface area contributed by atoms with Crippen LogP contribution in [0.5, 0.6) is 0 Å². The number of aliphatic carboxylic acids is 1. The van der Waals surface area contributed by atoms with E-state index >= 15 is 0 Å². The SMILES string of the molecule is CCCCCCCCCCCCCCCCCCCCCCCC(=O)O.CCCCCCCCCCCCCCCCCCCCCCCCO. The van der Waals surface area contributed by atoms with Crippen molar-refractivity contribution in [3.63, 3.8) is 0 Å². The van der Waals surface area contributed by atoms with Crippen molar-refractivity contribution in [3.8, 4) is 0 Å². The molecule has 0 heterocycles. The average Bonchev–Trinajstić information content (AvgIpc) is 3.13. The molecule has 0 aromatic heterocycles. The van der Waals surface area contributed by atoms with E-state index in [2.05, 4.69) is 13.8 Å². The van der Waals surface area contributed by atoms with Gasteiger partial charge >= 0.3 is 5.97 Å². The maximum Gasteiger partial charge on any atom is 0.303 e. The highest BCUT2D eigenvalue weighted by atomic mass is 16.4. The number of aliphatic hydroxyl groups is 1. The van der Waals surface area contributed by atoms with E-state index < -0.39 is 5.97 Å². The topological polar surface area (TPSA) is 57.5 Å². The number of carboxylic acid groups (broad SMARTS) is 1. The molecule has 0 aromatic rings. The van der Waals surface area contributed by atoms with Gasteiger partial charge in [-0.25, -0.2) is 0 Å². The molecule has 0 radical (unpaired) electrons. The fourth-order valence-electron chi connectivity index (χ4n) is 7.43. The summed E-state index contributed by atoms with van der Waals surface area (Å²) in [6.45, 7) is 4.96. The summed E-state index contributed by atoms with van der Waals surface area (Å²) in [5.41, 5.74) is 0. The number of carboxylic acids is 1. The third kappa shape index (κ3) is 56.3. The lowest BCUT2D eigenvalue weighted by atomic mass is 10.0. The van der Waals surface area contributed by atoms with E-state index in [9.17, 15) is 4.79 Å². The minimum Gasteiger partial charge on any atom is -0.481 e. The van der Waals surface area contributed by atoms with Gasteiger partial charge in [-0.15, -0.1) is 0 Å². The van der Waals surface area contributed by atoms with Crippen molar-refractivity contribution < 1.29 is 15.0 Å². The van der Waals surface area contributed by atoms with Gasteiger partial charge in [-0.05, 0) is 12.8 Å². The van der Waals surface area contributed by atoms with Crippen LogP contribution in [0.2, 0.25) is 0 Å². The maximum absolute atomic E-state index is 10.4. The third-order valence-corrected chi connectivity index (χ3v) is 11.0. The van der Waals surface area contributed by atoms with Crippen molar-refractivity contribution in [1.29, 1.82) is 0 Å². The van der Waals surface area contributed by atoms with E-state index in [1.165, 1.54) is 257 Å². The molecule has 0 unspecified atom stereocenters. The zero-order valence-electron chi connectivity index (χ0n) is 35.6. The molecule has 0 rings (SSSR count). The van der Waals surface area contributed by atoms with Gasteiger partial charge in [0.1, 0.15) is 0 Å². The first-order chi connectivity index (χ1) is 25.2. The van der Waals surface area contributed by atoms with Crippen LogP contribution in [0.3, 0.4) is 0 Å². The Balaban J connectivity index is 0. The van der Waals surface area contributed by atoms with Crippen LogP contribution in [0, 0.1) is 0 Å². The van der Waals surface area contributed by atoms with Gasteiger partial charge in [-0.3, -0.25) is 4.79 Å². The zero-order valence-corrected chi connectivity index (χ0v) is 35.6. The molecule has 0 aliphatic heterocycles. The zero-order chi connectivity index (χ0) is 37.4. The Kier molecular flexibility index (Phi) is 53.1. The van der Waals surface area contributed by atoms with Crippen molar-refractivity contribution in [2.24, 2.45) is 0 Å². The van der Waals surface area contributed by atoms with Crippen molar-refractivity contribution >= 4 is 5.97 Å². The highest BCUT2D eigenvalue weighted by Gasteiger charge is 1.99. The Morgan fingerprint density at radius 1 is 0.275 bits per heavy atom. The highest BCUT2D eigenvalue weighted by Crippen LogP contribution is 2.17. The number of aliphatic hydroxyl groups excluding tert-OH is 1. The lowest BCUT2D eigenvalue weighted by Gasteiger charge is -2.04. The molecule has 308 valence electrons. The molecule has 0 aromatic carbocycles. The summed E-state index contributed by atoms with van der Waals surface area (Å²) < 4.78 is 0. The first-order valence-corrected chi connectivity index (χ1v) is 24.0. The van der Waals surface area contributed by atoms with Crippen LogP contribution >= 0.6 is 0 Å². The molecular weight excluding hydrogens is 625 g/mol. The molecule has 0 fully saturated rings. The monoisotopic (exact) mass is 723 g/mol. The predicted molar refractivity (Wildman–Crippen MR) is 229 cm³/mol. The Morgan fingerprint density at radius 2 is 0.431 bits per heavy atom. The summed E-state index contributed by atoms with van der Waals surface area (Å²) in [6, 6.07) is 0. The summed E-state index contributed by atoms with van der Waals surface area (Å²) in [5.74, 6) is -0.650. The van der Waals surface area contributed by atoms with Crippen LogP contribution in [0.1, 0.15) is 296 Å². The van der Waals surface area contributed by atoms with E-state index in [1.807, 2.05) is 0 Å². The van der Waals surface area contributed by atoms with Gasteiger partial charge in [0.25, 0.3) is 0 Å². The van der Waals surface area contributed by atoms with Crippen LogP contribution in [-0.4, -0.2) is 22.8 Å². The largest absolute Gasteiger partial charge is 0.481 e. The minimum absolute atomic E-state index is 0.346. The van der Waals surface area contributed by atoms with E-state index in [-0.39, 0.29) is 0 Å². The molecule has 0 saturated heterocycles. The Labute approximate surface area is 323 Å². The van der Waals surface area contributed by atoms with E-state index in [0.29, 0.717) is 13.0 Å². The lowest BCUT2D eigenvalue weighted by Crippen LogP contribution is -1.93. The number of hydrogen-bond donors (Lipinski definition) is 2. The van der Waals surface area contributed by atoms with Crippen LogP contribution in [0.4, 0.5) is 0 Å². The average molecular weight is 723 g/mol. The lowest BCUT2D eigenvalue weighted by molar-refractivity contribution is -0.137. The first-order valence-electron chi connectivity index (χ1n) is 24.0. The Bertz CT molecular complexity index is 569. The van der Waals surface area contributed by atoms with Crippen LogP contribution in [0.15, 0.2) is 0 Å². The minimum atomic E-state index is -0.650. The molecule has 0 aliphatic carbocycles. The van der Waals surface area contributed by atoms with Gasteiger partial charge in [-0.1, -0.05) is 277 Å². The third-order valence-electron chi connectivity index (χ3n) is 11.0. The van der Waals surface area contributed by atoms with Crippen molar-refractivity contribution in [2.75, 3.05) is 6.61 Å². The summed E-state index contributed by atoms with van der Waals surface area (Å²) in [4.78, 5) is 10.4. The smallest absolute Gasteiger partial charge is 0.303 e. The molecule has 2 N–H and O–H groups in total. The fraction of sp³-hybridized carbons (Fsp3) is 0.979. The second-order valence-electron chi connectivity index (χ2n) is 16.4. The molecule has 0 bridgehead atoms. The maximum atomic E-state index is 10.4. The van der Waals surface area contributed by atoms with Gasteiger partial charge in [0.2, 0.25) is 0 Å². The van der Waals surface area contributed by atoms with Gasteiger partial charge < -0.3 is 10.2 Å². The quantitative estimate of drug-likeness (QED) is 0.0616. The van der Waals surface area contributed by atoms with E-state index in [4.69, 9.17) is 10.2 Å². The molecule has 3 heteroatoms. The molecule has 0 atom stereocenters. The number of rotatable bonds is 44. The van der Waals surface area contributed by atoms with Gasteiger partial charge in [0.05, 0.1) is 0 Å². The van der Waals surface area contributed by atoms with Crippen molar-refractivity contribution in [1.82, 2.24) is 0 Å². The first kappa shape index (κ1) is 52.5. The van der Waals surface area contributed by atoms with Crippen LogP contribution in [0.25, 0.3) is 0 Å². The molecule has 51 heavy (non-hydrogen) atoms. The fourth-order valence-corrected chi connectivity index (χ4v) is 7.43.